The van der Waals surface area contributed by atoms with Gasteiger partial charge in [0, 0.05) is 24.2 Å². The number of nitrogens with zero attached hydrogens (tertiary/aromatic N) is 3. The van der Waals surface area contributed by atoms with Gasteiger partial charge in [0.15, 0.2) is 5.69 Å². The molecule has 10 heteroatoms. The monoisotopic (exact) mass is 425 g/mol. The molecule has 3 aromatic heterocycles. The van der Waals surface area contributed by atoms with E-state index in [1.807, 2.05) is 18.2 Å². The van der Waals surface area contributed by atoms with E-state index in [9.17, 15) is 14.4 Å². The lowest BCUT2D eigenvalue weighted by atomic mass is 10.2. The van der Waals surface area contributed by atoms with Crippen LogP contribution in [0.15, 0.2) is 53.5 Å². The standard InChI is InChI=1S/C20H16ClN5O4/c21-12-5-6-16-23-13(9-17(27)26(16)10-12)11-30-18(28)7-8-22-20(29)19-14-3-1-2-4-15(14)24-25-19/h1-6,9-10H,7-8,11H2,(H,22,29)(H,24,25). The number of ether oxygens (including phenoxy) is 1. The smallest absolute Gasteiger partial charge is 0.307 e. The molecule has 152 valence electrons. The zero-order valence-electron chi connectivity index (χ0n) is 15.6. The summed E-state index contributed by atoms with van der Waals surface area (Å²) in [7, 11) is 0. The van der Waals surface area contributed by atoms with Crippen LogP contribution in [0.25, 0.3) is 16.6 Å². The molecule has 1 amide bonds. The van der Waals surface area contributed by atoms with Crippen molar-refractivity contribution in [3.05, 3.63) is 75.4 Å². The maximum Gasteiger partial charge on any atom is 0.307 e. The van der Waals surface area contributed by atoms with Crippen LogP contribution in [-0.2, 0) is 16.1 Å². The first-order valence-corrected chi connectivity index (χ1v) is 9.44. The van der Waals surface area contributed by atoms with Crippen LogP contribution >= 0.6 is 11.6 Å². The number of hydrogen-bond acceptors (Lipinski definition) is 6. The molecule has 0 atom stereocenters. The molecule has 30 heavy (non-hydrogen) atoms. The number of rotatable bonds is 6. The minimum absolute atomic E-state index is 0.0315. The fraction of sp³-hybridized carbons (Fsp3) is 0.150. The predicted molar refractivity (Wildman–Crippen MR) is 109 cm³/mol. The molecule has 9 nitrogen and oxygen atoms in total. The molecule has 2 N–H and O–H groups in total. The summed E-state index contributed by atoms with van der Waals surface area (Å²) in [6.07, 6.45) is 1.43. The highest BCUT2D eigenvalue weighted by atomic mass is 35.5. The second kappa shape index (κ2) is 8.34. The summed E-state index contributed by atoms with van der Waals surface area (Å²) in [5.41, 5.74) is 1.41. The number of benzene rings is 1. The first-order chi connectivity index (χ1) is 14.5. The van der Waals surface area contributed by atoms with Crippen molar-refractivity contribution in [2.24, 2.45) is 0 Å². The van der Waals surface area contributed by atoms with Crippen molar-refractivity contribution < 1.29 is 14.3 Å². The number of aromatic nitrogens is 4. The summed E-state index contributed by atoms with van der Waals surface area (Å²) in [5.74, 6) is -0.914. The molecule has 0 fully saturated rings. The van der Waals surface area contributed by atoms with Gasteiger partial charge in [-0.25, -0.2) is 4.98 Å². The molecule has 0 aliphatic heterocycles. The topological polar surface area (TPSA) is 118 Å². The molecule has 3 heterocycles. The zero-order chi connectivity index (χ0) is 21.1. The van der Waals surface area contributed by atoms with E-state index in [0.29, 0.717) is 21.7 Å². The van der Waals surface area contributed by atoms with Crippen LogP contribution in [0.1, 0.15) is 22.6 Å². The van der Waals surface area contributed by atoms with E-state index in [1.165, 1.54) is 16.7 Å². The van der Waals surface area contributed by atoms with Crippen LogP contribution in [0.2, 0.25) is 5.02 Å². The van der Waals surface area contributed by atoms with Gasteiger partial charge in [-0.15, -0.1) is 0 Å². The number of carbonyl (C=O) groups is 2. The lowest BCUT2D eigenvalue weighted by molar-refractivity contribution is -0.144. The van der Waals surface area contributed by atoms with E-state index in [2.05, 4.69) is 20.5 Å². The van der Waals surface area contributed by atoms with Crippen LogP contribution in [0.4, 0.5) is 0 Å². The molecule has 0 radical (unpaired) electrons. The Morgan fingerprint density at radius 1 is 1.20 bits per heavy atom. The van der Waals surface area contributed by atoms with Gasteiger partial charge in [-0.1, -0.05) is 29.8 Å². The van der Waals surface area contributed by atoms with Gasteiger partial charge in [0.2, 0.25) is 0 Å². The summed E-state index contributed by atoms with van der Waals surface area (Å²) in [5, 5.41) is 10.5. The highest BCUT2D eigenvalue weighted by Crippen LogP contribution is 2.14. The fourth-order valence-corrected chi connectivity index (χ4v) is 3.09. The number of para-hydroxylation sites is 1. The molecule has 0 spiro atoms. The number of esters is 1. The number of pyridine rings is 1. The Hall–Kier alpha value is -3.72. The number of fused-ring (bicyclic) bond motifs is 2. The Labute approximate surface area is 174 Å². The van der Waals surface area contributed by atoms with Crippen molar-refractivity contribution in [1.82, 2.24) is 24.9 Å². The summed E-state index contributed by atoms with van der Waals surface area (Å²) < 4.78 is 6.46. The molecule has 0 bridgehead atoms. The largest absolute Gasteiger partial charge is 0.459 e. The van der Waals surface area contributed by atoms with Crippen molar-refractivity contribution in [2.75, 3.05) is 6.54 Å². The summed E-state index contributed by atoms with van der Waals surface area (Å²) in [4.78, 5) is 40.6. The molecule has 4 aromatic rings. The average molecular weight is 426 g/mol. The lowest BCUT2D eigenvalue weighted by Crippen LogP contribution is -2.27. The minimum atomic E-state index is -0.528. The van der Waals surface area contributed by atoms with Gasteiger partial charge in [-0.05, 0) is 18.2 Å². The van der Waals surface area contributed by atoms with Crippen LogP contribution in [0.5, 0.6) is 0 Å². The van der Waals surface area contributed by atoms with Crippen LogP contribution in [-0.4, -0.2) is 38.0 Å². The van der Waals surface area contributed by atoms with Crippen molar-refractivity contribution in [2.45, 2.75) is 13.0 Å². The van der Waals surface area contributed by atoms with Gasteiger partial charge in [0.1, 0.15) is 12.3 Å². The van der Waals surface area contributed by atoms with Crippen LogP contribution in [0, 0.1) is 0 Å². The quantitative estimate of drug-likeness (QED) is 0.456. The predicted octanol–water partition coefficient (Wildman–Crippen LogP) is 2.09. The molecule has 4 rings (SSSR count). The van der Waals surface area contributed by atoms with Gasteiger partial charge >= 0.3 is 5.97 Å². The Balaban J connectivity index is 1.30. The van der Waals surface area contributed by atoms with E-state index in [4.69, 9.17) is 16.3 Å². The maximum absolute atomic E-state index is 12.3. The third-order valence-electron chi connectivity index (χ3n) is 4.36. The SMILES string of the molecule is O=C(CCNC(=O)c1n[nH]c2ccccc12)OCc1cc(=O)n2cc(Cl)ccc2n1. The molecule has 0 aliphatic rings. The van der Waals surface area contributed by atoms with Crippen molar-refractivity contribution in [1.29, 1.82) is 0 Å². The van der Waals surface area contributed by atoms with E-state index in [1.54, 1.807) is 18.2 Å². The summed E-state index contributed by atoms with van der Waals surface area (Å²) in [6, 6.07) is 11.8. The zero-order valence-corrected chi connectivity index (χ0v) is 16.3. The number of nitrogens with one attached hydrogen (secondary N) is 2. The van der Waals surface area contributed by atoms with Crippen LogP contribution < -0.4 is 10.9 Å². The molecule has 1 aromatic carbocycles. The highest BCUT2D eigenvalue weighted by molar-refractivity contribution is 6.30. The van der Waals surface area contributed by atoms with Gasteiger partial charge < -0.3 is 10.1 Å². The van der Waals surface area contributed by atoms with Crippen molar-refractivity contribution >= 4 is 40.0 Å². The summed E-state index contributed by atoms with van der Waals surface area (Å²) >= 11 is 5.87. The Bertz CT molecular complexity index is 1310. The van der Waals surface area contributed by atoms with Gasteiger partial charge in [-0.2, -0.15) is 5.10 Å². The normalized spacial score (nSPS) is 11.0. The van der Waals surface area contributed by atoms with E-state index in [0.717, 1.165) is 5.52 Å². The first-order valence-electron chi connectivity index (χ1n) is 9.06. The Morgan fingerprint density at radius 2 is 2.03 bits per heavy atom. The fourth-order valence-electron chi connectivity index (χ4n) is 2.92. The van der Waals surface area contributed by atoms with Gasteiger partial charge in [0.25, 0.3) is 11.5 Å². The van der Waals surface area contributed by atoms with Gasteiger partial charge in [-0.3, -0.25) is 23.9 Å². The van der Waals surface area contributed by atoms with Gasteiger partial charge in [0.05, 0.1) is 22.7 Å². The Morgan fingerprint density at radius 3 is 2.90 bits per heavy atom. The second-order valence-electron chi connectivity index (χ2n) is 6.45. The first kappa shape index (κ1) is 19.6. The average Bonchev–Trinajstić information content (AvgIpc) is 3.17. The number of amides is 1. The third kappa shape index (κ3) is 4.15. The number of H-pyrrole nitrogens is 1. The lowest BCUT2D eigenvalue weighted by Gasteiger charge is -2.07. The van der Waals surface area contributed by atoms with Crippen molar-refractivity contribution in [3.8, 4) is 0 Å². The summed E-state index contributed by atoms with van der Waals surface area (Å²) in [6.45, 7) is -0.0592. The Kier molecular flexibility index (Phi) is 5.44. The second-order valence-corrected chi connectivity index (χ2v) is 6.88. The van der Waals surface area contributed by atoms with Crippen molar-refractivity contribution in [3.63, 3.8) is 0 Å². The number of aromatic amines is 1. The number of halogens is 1. The molecule has 0 saturated heterocycles. The van der Waals surface area contributed by atoms with Crippen LogP contribution in [0.3, 0.4) is 0 Å². The molecular formula is C20H16ClN5O4. The minimum Gasteiger partial charge on any atom is -0.459 e. The van der Waals surface area contributed by atoms with E-state index >= 15 is 0 Å². The molecule has 0 unspecified atom stereocenters. The number of hydrogen-bond donors (Lipinski definition) is 2. The highest BCUT2D eigenvalue weighted by Gasteiger charge is 2.14. The number of carbonyl (C=O) groups excluding carboxylic acids is 2. The van der Waals surface area contributed by atoms with E-state index in [-0.39, 0.29) is 36.7 Å². The molecule has 0 aliphatic carbocycles. The molecular weight excluding hydrogens is 410 g/mol. The molecule has 0 saturated carbocycles. The third-order valence-corrected chi connectivity index (χ3v) is 4.58. The maximum atomic E-state index is 12.3. The van der Waals surface area contributed by atoms with E-state index < -0.39 is 5.97 Å².